The lowest BCUT2D eigenvalue weighted by Gasteiger charge is -2.41. The monoisotopic (exact) mass is 485 g/mol. The molecule has 2 heterocycles. The highest BCUT2D eigenvalue weighted by atomic mass is 19.4. The average Bonchev–Trinajstić information content (AvgIpc) is 3.25. The van der Waals surface area contributed by atoms with Crippen LogP contribution in [0.2, 0.25) is 0 Å². The number of hydrogen-bond acceptors (Lipinski definition) is 4. The first kappa shape index (κ1) is 24.4. The molecule has 0 spiro atoms. The molecule has 2 aromatic carbocycles. The first-order chi connectivity index (χ1) is 16.6. The van der Waals surface area contributed by atoms with Crippen molar-refractivity contribution in [1.82, 2.24) is 4.90 Å². The van der Waals surface area contributed by atoms with Crippen molar-refractivity contribution in [2.75, 3.05) is 17.6 Å². The number of furan rings is 1. The van der Waals surface area contributed by atoms with E-state index in [2.05, 4.69) is 5.32 Å². The molecule has 9 heteroatoms. The van der Waals surface area contributed by atoms with Crippen molar-refractivity contribution in [1.29, 1.82) is 0 Å². The number of halogens is 3. The highest BCUT2D eigenvalue weighted by molar-refractivity contribution is 5.97. The van der Waals surface area contributed by atoms with Crippen LogP contribution in [0.25, 0.3) is 0 Å². The number of carbonyl (C=O) groups is 2. The molecule has 2 atom stereocenters. The van der Waals surface area contributed by atoms with Crippen LogP contribution in [0.5, 0.6) is 0 Å². The molecular weight excluding hydrogens is 459 g/mol. The van der Waals surface area contributed by atoms with Crippen LogP contribution in [0.15, 0.2) is 59.4 Å². The van der Waals surface area contributed by atoms with E-state index in [1.54, 1.807) is 36.1 Å². The van der Waals surface area contributed by atoms with Crippen molar-refractivity contribution >= 4 is 23.2 Å². The lowest BCUT2D eigenvalue weighted by atomic mass is 9.83. The minimum Gasteiger partial charge on any atom is -0.471 e. The van der Waals surface area contributed by atoms with Crippen LogP contribution in [-0.4, -0.2) is 23.3 Å². The first-order valence-electron chi connectivity index (χ1n) is 11.2. The summed E-state index contributed by atoms with van der Waals surface area (Å²) in [5, 5.41) is 2.65. The second kappa shape index (κ2) is 9.48. The summed E-state index contributed by atoms with van der Waals surface area (Å²) in [6.45, 7) is 3.55. The molecule has 1 fully saturated rings. The zero-order chi connectivity index (χ0) is 25.3. The molecule has 0 unspecified atom stereocenters. The van der Waals surface area contributed by atoms with E-state index in [0.717, 1.165) is 6.07 Å². The van der Waals surface area contributed by atoms with Crippen LogP contribution in [0.4, 0.5) is 24.5 Å². The average molecular weight is 486 g/mol. The third-order valence-electron chi connectivity index (χ3n) is 6.40. The number of likely N-dealkylation sites (tertiary alicyclic amines) is 1. The number of rotatable bonds is 4. The number of piperidine rings is 1. The van der Waals surface area contributed by atoms with Gasteiger partial charge in [0.05, 0.1) is 29.3 Å². The van der Waals surface area contributed by atoms with Gasteiger partial charge < -0.3 is 20.4 Å². The van der Waals surface area contributed by atoms with Crippen LogP contribution in [0, 0.1) is 19.8 Å². The molecule has 184 valence electrons. The lowest BCUT2D eigenvalue weighted by Crippen LogP contribution is -2.46. The maximum Gasteiger partial charge on any atom is 0.416 e. The van der Waals surface area contributed by atoms with Gasteiger partial charge in [0.25, 0.3) is 5.91 Å². The second-order valence-corrected chi connectivity index (χ2v) is 8.84. The molecule has 1 aliphatic heterocycles. The fourth-order valence-electron chi connectivity index (χ4n) is 4.58. The lowest BCUT2D eigenvalue weighted by molar-refractivity contribution is -0.138. The summed E-state index contributed by atoms with van der Waals surface area (Å²) in [6.07, 6.45) is -0.643. The number of hydrogen-bond donors (Lipinski definition) is 2. The predicted octanol–water partition coefficient (Wildman–Crippen LogP) is 5.73. The van der Waals surface area contributed by atoms with Crippen molar-refractivity contribution in [3.8, 4) is 0 Å². The van der Waals surface area contributed by atoms with E-state index in [4.69, 9.17) is 10.2 Å². The van der Waals surface area contributed by atoms with Crippen LogP contribution in [-0.2, 0) is 11.0 Å². The van der Waals surface area contributed by atoms with Crippen LogP contribution in [0.3, 0.4) is 0 Å². The number of carbonyl (C=O) groups excluding carboxylic acids is 2. The van der Waals surface area contributed by atoms with Gasteiger partial charge in [-0.3, -0.25) is 9.59 Å². The van der Waals surface area contributed by atoms with Crippen molar-refractivity contribution in [2.45, 2.75) is 38.9 Å². The quantitative estimate of drug-likeness (QED) is 0.462. The molecule has 0 saturated carbocycles. The number of nitrogen functional groups attached to an aromatic ring is 1. The van der Waals surface area contributed by atoms with Crippen molar-refractivity contribution < 1.29 is 27.2 Å². The van der Waals surface area contributed by atoms with Gasteiger partial charge in [-0.05, 0) is 67.6 Å². The Morgan fingerprint density at radius 1 is 1.06 bits per heavy atom. The number of aryl methyl sites for hydroxylation is 2. The van der Waals surface area contributed by atoms with E-state index in [1.807, 2.05) is 0 Å². The van der Waals surface area contributed by atoms with Gasteiger partial charge >= 0.3 is 6.18 Å². The Balaban J connectivity index is 1.68. The van der Waals surface area contributed by atoms with Crippen molar-refractivity contribution in [3.05, 3.63) is 82.8 Å². The zero-order valence-electron chi connectivity index (χ0n) is 19.4. The Bertz CT molecular complexity index is 1230. The summed E-state index contributed by atoms with van der Waals surface area (Å²) < 4.78 is 45.3. The van der Waals surface area contributed by atoms with Crippen molar-refractivity contribution in [3.63, 3.8) is 0 Å². The van der Waals surface area contributed by atoms with Gasteiger partial charge in [0, 0.05) is 17.9 Å². The highest BCUT2D eigenvalue weighted by Gasteiger charge is 2.40. The van der Waals surface area contributed by atoms with Crippen LogP contribution < -0.4 is 11.1 Å². The molecule has 0 bridgehead atoms. The zero-order valence-corrected chi connectivity index (χ0v) is 19.4. The van der Waals surface area contributed by atoms with E-state index < -0.39 is 29.6 Å². The van der Waals surface area contributed by atoms with Gasteiger partial charge in [-0.1, -0.05) is 18.2 Å². The minimum atomic E-state index is -4.53. The molecule has 3 aromatic rings. The molecule has 2 amide bonds. The van der Waals surface area contributed by atoms with Crippen LogP contribution >= 0.6 is 0 Å². The Morgan fingerprint density at radius 2 is 1.77 bits per heavy atom. The van der Waals surface area contributed by atoms with E-state index in [0.29, 0.717) is 41.8 Å². The molecule has 35 heavy (non-hydrogen) atoms. The smallest absolute Gasteiger partial charge is 0.416 e. The maximum absolute atomic E-state index is 13.4. The Labute approximate surface area is 200 Å². The number of nitrogens with two attached hydrogens (primary N) is 1. The minimum absolute atomic E-state index is 0.0538. The molecular formula is C26H26F3N3O3. The van der Waals surface area contributed by atoms with Gasteiger partial charge in [-0.2, -0.15) is 13.2 Å². The summed E-state index contributed by atoms with van der Waals surface area (Å²) in [4.78, 5) is 28.5. The van der Waals surface area contributed by atoms with Gasteiger partial charge in [-0.25, -0.2) is 0 Å². The molecule has 0 aliphatic carbocycles. The summed E-state index contributed by atoms with van der Waals surface area (Å²) in [5.74, 6) is -1.41. The predicted molar refractivity (Wildman–Crippen MR) is 126 cm³/mol. The molecule has 0 radical (unpaired) electrons. The van der Waals surface area contributed by atoms with E-state index >= 15 is 0 Å². The Morgan fingerprint density at radius 3 is 2.40 bits per heavy atom. The van der Waals surface area contributed by atoms with E-state index in [9.17, 15) is 22.8 Å². The van der Waals surface area contributed by atoms with Crippen molar-refractivity contribution in [2.24, 2.45) is 5.92 Å². The first-order valence-corrected chi connectivity index (χ1v) is 11.2. The topological polar surface area (TPSA) is 88.6 Å². The van der Waals surface area contributed by atoms with E-state index in [1.165, 1.54) is 31.6 Å². The number of benzene rings is 2. The third kappa shape index (κ3) is 5.03. The number of nitrogens with one attached hydrogen (secondary N) is 1. The van der Waals surface area contributed by atoms with Gasteiger partial charge in [0.1, 0.15) is 6.26 Å². The largest absolute Gasteiger partial charge is 0.471 e. The third-order valence-corrected chi connectivity index (χ3v) is 6.40. The SMILES string of the molecule is Cc1cocc1C(=O)N1CCC[C@H](C(=O)Nc2ccc(C)c(C(F)(F)F)c2)[C@@H]1c1ccc(N)cc1. The molecule has 3 N–H and O–H groups in total. The Hall–Kier alpha value is -3.75. The van der Waals surface area contributed by atoms with E-state index in [-0.39, 0.29) is 17.2 Å². The Kier molecular flexibility index (Phi) is 6.60. The summed E-state index contributed by atoms with van der Waals surface area (Å²) >= 11 is 0. The fourth-order valence-corrected chi connectivity index (χ4v) is 4.58. The molecule has 4 rings (SSSR count). The number of anilines is 2. The normalized spacial score (nSPS) is 18.4. The molecule has 1 aromatic heterocycles. The molecule has 6 nitrogen and oxygen atoms in total. The summed E-state index contributed by atoms with van der Waals surface area (Å²) in [7, 11) is 0. The van der Waals surface area contributed by atoms with Gasteiger partial charge in [-0.15, -0.1) is 0 Å². The maximum atomic E-state index is 13.4. The summed E-state index contributed by atoms with van der Waals surface area (Å²) in [5.41, 5.74) is 7.49. The summed E-state index contributed by atoms with van der Waals surface area (Å²) in [6, 6.07) is 10.0. The van der Waals surface area contributed by atoms with Gasteiger partial charge in [0.2, 0.25) is 5.91 Å². The van der Waals surface area contributed by atoms with Gasteiger partial charge in [0.15, 0.2) is 0 Å². The number of nitrogens with zero attached hydrogens (tertiary/aromatic N) is 1. The number of amides is 2. The molecule has 1 aliphatic rings. The standard InChI is InChI=1S/C26H26F3N3O3/c1-15-5-10-19(12-22(15)26(27,28)29)31-24(33)20-4-3-11-32(25(34)21-14-35-13-16(21)2)23(20)17-6-8-18(30)9-7-17/h5-10,12-14,20,23H,3-4,11,30H2,1-2H3,(H,31,33)/t20-,23-/m0/s1. The second-order valence-electron chi connectivity index (χ2n) is 8.84. The highest BCUT2D eigenvalue weighted by Crippen LogP contribution is 2.39. The number of alkyl halides is 3. The van der Waals surface area contributed by atoms with Crippen LogP contribution in [0.1, 0.15) is 51.5 Å². The molecule has 1 saturated heterocycles. The fraction of sp³-hybridized carbons (Fsp3) is 0.308.